The van der Waals surface area contributed by atoms with Crippen LogP contribution in [0.3, 0.4) is 0 Å². The normalized spacial score (nSPS) is 10.0. The second-order valence-electron chi connectivity index (χ2n) is 3.09. The highest BCUT2D eigenvalue weighted by Gasteiger charge is 2.12. The number of carbonyl (C=O) groups is 2. The van der Waals surface area contributed by atoms with E-state index in [0.717, 1.165) is 5.56 Å². The van der Waals surface area contributed by atoms with Crippen LogP contribution in [0, 0.1) is 0 Å². The second-order valence-corrected chi connectivity index (χ2v) is 3.65. The lowest BCUT2D eigenvalue weighted by Crippen LogP contribution is -2.06. The van der Waals surface area contributed by atoms with Crippen LogP contribution in [0.1, 0.15) is 33.2 Å². The van der Waals surface area contributed by atoms with E-state index in [9.17, 15) is 9.59 Å². The summed E-state index contributed by atoms with van der Waals surface area (Å²) in [6, 6.07) is 4.79. The first kappa shape index (κ1) is 11.9. The number of aryl methyl sites for hydroxylation is 1. The van der Waals surface area contributed by atoms with Gasteiger partial charge in [0, 0.05) is 5.56 Å². The first-order chi connectivity index (χ1) is 7.10. The fraction of sp³-hybridized carbons (Fsp3) is 0.273. The van der Waals surface area contributed by atoms with Gasteiger partial charge in [-0.05, 0) is 18.1 Å². The number of hydrogen-bond donors (Lipinski definition) is 1. The monoisotopic (exact) mass is 270 g/mol. The maximum Gasteiger partial charge on any atom is 0.335 e. The third-order valence-electron chi connectivity index (χ3n) is 2.16. The van der Waals surface area contributed by atoms with Gasteiger partial charge in [-0.2, -0.15) is 0 Å². The molecule has 4 heteroatoms. The van der Waals surface area contributed by atoms with E-state index < -0.39 is 5.97 Å². The van der Waals surface area contributed by atoms with Crippen molar-refractivity contribution in [1.82, 2.24) is 0 Å². The van der Waals surface area contributed by atoms with Crippen molar-refractivity contribution in [2.24, 2.45) is 0 Å². The quantitative estimate of drug-likeness (QED) is 0.676. The zero-order chi connectivity index (χ0) is 11.4. The van der Waals surface area contributed by atoms with E-state index >= 15 is 0 Å². The lowest BCUT2D eigenvalue weighted by molar-refractivity contribution is 0.0695. The van der Waals surface area contributed by atoms with Gasteiger partial charge >= 0.3 is 5.97 Å². The summed E-state index contributed by atoms with van der Waals surface area (Å²) >= 11 is 3.05. The van der Waals surface area contributed by atoms with Gasteiger partial charge in [0.1, 0.15) is 0 Å². The SMILES string of the molecule is CCc1ccc(C(=O)CBr)cc1C(=O)O. The van der Waals surface area contributed by atoms with Gasteiger partial charge in [0.05, 0.1) is 10.9 Å². The van der Waals surface area contributed by atoms with E-state index in [-0.39, 0.29) is 16.7 Å². The maximum atomic E-state index is 11.3. The predicted octanol–water partition coefficient (Wildman–Crippen LogP) is 2.52. The highest BCUT2D eigenvalue weighted by molar-refractivity contribution is 9.09. The average Bonchev–Trinajstić information content (AvgIpc) is 2.27. The average molecular weight is 271 g/mol. The molecule has 0 saturated carbocycles. The minimum absolute atomic E-state index is 0.111. The predicted molar refractivity (Wildman–Crippen MR) is 60.9 cm³/mol. The number of halogens is 1. The number of carbonyl (C=O) groups excluding carboxylic acids is 1. The summed E-state index contributed by atoms with van der Waals surface area (Å²) in [6.07, 6.45) is 0.643. The molecule has 1 aromatic rings. The van der Waals surface area contributed by atoms with Crippen molar-refractivity contribution in [2.45, 2.75) is 13.3 Å². The van der Waals surface area contributed by atoms with Crippen molar-refractivity contribution >= 4 is 27.7 Å². The van der Waals surface area contributed by atoms with Gasteiger partial charge in [-0.25, -0.2) is 4.79 Å². The lowest BCUT2D eigenvalue weighted by Gasteiger charge is -2.05. The summed E-state index contributed by atoms with van der Waals surface area (Å²) in [5, 5.41) is 9.16. The molecular formula is C11H11BrO3. The maximum absolute atomic E-state index is 11.3. The number of ketones is 1. The minimum atomic E-state index is -0.990. The second kappa shape index (κ2) is 5.07. The van der Waals surface area contributed by atoms with Crippen molar-refractivity contribution in [3.05, 3.63) is 34.9 Å². The molecule has 1 aromatic carbocycles. The van der Waals surface area contributed by atoms with Crippen LogP contribution >= 0.6 is 15.9 Å². The first-order valence-electron chi connectivity index (χ1n) is 4.55. The molecular weight excluding hydrogens is 260 g/mol. The Morgan fingerprint density at radius 3 is 2.53 bits per heavy atom. The smallest absolute Gasteiger partial charge is 0.335 e. The Labute approximate surface area is 96.2 Å². The molecule has 1 rings (SSSR count). The molecule has 0 fully saturated rings. The van der Waals surface area contributed by atoms with E-state index in [4.69, 9.17) is 5.11 Å². The molecule has 80 valence electrons. The van der Waals surface area contributed by atoms with Crippen molar-refractivity contribution in [3.63, 3.8) is 0 Å². The van der Waals surface area contributed by atoms with E-state index in [1.165, 1.54) is 6.07 Å². The Bertz CT molecular complexity index is 399. The molecule has 0 amide bonds. The summed E-state index contributed by atoms with van der Waals surface area (Å²) in [4.78, 5) is 22.3. The number of benzene rings is 1. The van der Waals surface area contributed by atoms with Crippen LogP contribution in [0.2, 0.25) is 0 Å². The van der Waals surface area contributed by atoms with Crippen LogP contribution in [-0.2, 0) is 6.42 Å². The van der Waals surface area contributed by atoms with Gasteiger partial charge in [0.2, 0.25) is 0 Å². The number of rotatable bonds is 4. The van der Waals surface area contributed by atoms with Gasteiger partial charge in [0.25, 0.3) is 0 Å². The number of carboxylic acids is 1. The topological polar surface area (TPSA) is 54.4 Å². The lowest BCUT2D eigenvalue weighted by atomic mass is 10.0. The fourth-order valence-electron chi connectivity index (χ4n) is 1.33. The largest absolute Gasteiger partial charge is 0.478 e. The van der Waals surface area contributed by atoms with Crippen molar-refractivity contribution in [2.75, 3.05) is 5.33 Å². The van der Waals surface area contributed by atoms with Crippen LogP contribution in [0.4, 0.5) is 0 Å². The number of Topliss-reactive ketones (excluding diaryl/α,β-unsaturated/α-hetero) is 1. The number of alkyl halides is 1. The van der Waals surface area contributed by atoms with Crippen LogP contribution < -0.4 is 0 Å². The summed E-state index contributed by atoms with van der Waals surface area (Å²) in [5.41, 5.74) is 1.39. The van der Waals surface area contributed by atoms with E-state index in [1.54, 1.807) is 12.1 Å². The molecule has 0 saturated heterocycles. The Hall–Kier alpha value is -1.16. The van der Waals surface area contributed by atoms with Crippen molar-refractivity contribution < 1.29 is 14.7 Å². The zero-order valence-electron chi connectivity index (χ0n) is 8.29. The molecule has 0 aliphatic heterocycles. The van der Waals surface area contributed by atoms with E-state index in [1.807, 2.05) is 6.92 Å². The minimum Gasteiger partial charge on any atom is -0.478 e. The first-order valence-corrected chi connectivity index (χ1v) is 5.67. The molecule has 3 nitrogen and oxygen atoms in total. The molecule has 15 heavy (non-hydrogen) atoms. The van der Waals surface area contributed by atoms with Crippen LogP contribution in [0.15, 0.2) is 18.2 Å². The van der Waals surface area contributed by atoms with Gasteiger partial charge in [-0.1, -0.05) is 35.0 Å². The summed E-state index contributed by atoms with van der Waals surface area (Å²) in [5.74, 6) is -1.10. The molecule has 0 aliphatic carbocycles. The molecule has 0 bridgehead atoms. The standard InChI is InChI=1S/C11H11BrO3/c1-2-7-3-4-8(10(13)6-12)5-9(7)11(14)15/h3-5H,2,6H2,1H3,(H,14,15). The Morgan fingerprint density at radius 2 is 2.07 bits per heavy atom. The van der Waals surface area contributed by atoms with Crippen LogP contribution in [-0.4, -0.2) is 22.2 Å². The van der Waals surface area contributed by atoms with Gasteiger partial charge in [0.15, 0.2) is 5.78 Å². The molecule has 0 aliphatic rings. The zero-order valence-corrected chi connectivity index (χ0v) is 9.87. The van der Waals surface area contributed by atoms with E-state index in [0.29, 0.717) is 12.0 Å². The van der Waals surface area contributed by atoms with Crippen LogP contribution in [0.5, 0.6) is 0 Å². The summed E-state index contributed by atoms with van der Waals surface area (Å²) < 4.78 is 0. The highest BCUT2D eigenvalue weighted by Crippen LogP contribution is 2.14. The van der Waals surface area contributed by atoms with Crippen molar-refractivity contribution in [1.29, 1.82) is 0 Å². The molecule has 0 spiro atoms. The molecule has 0 radical (unpaired) electrons. The van der Waals surface area contributed by atoms with Gasteiger partial charge in [-0.3, -0.25) is 4.79 Å². The molecule has 0 atom stereocenters. The molecule has 0 aromatic heterocycles. The Morgan fingerprint density at radius 1 is 1.40 bits per heavy atom. The number of hydrogen-bond acceptors (Lipinski definition) is 2. The summed E-state index contributed by atoms with van der Waals surface area (Å²) in [7, 11) is 0. The van der Waals surface area contributed by atoms with Crippen LogP contribution in [0.25, 0.3) is 0 Å². The Kier molecular flexibility index (Phi) is 4.03. The fourth-order valence-corrected chi connectivity index (χ4v) is 1.66. The molecule has 0 unspecified atom stereocenters. The third kappa shape index (κ3) is 2.65. The Balaban J connectivity index is 3.22. The molecule has 0 heterocycles. The van der Waals surface area contributed by atoms with Gasteiger partial charge in [-0.15, -0.1) is 0 Å². The van der Waals surface area contributed by atoms with Crippen molar-refractivity contribution in [3.8, 4) is 0 Å². The molecule has 1 N–H and O–H groups in total. The third-order valence-corrected chi connectivity index (χ3v) is 2.67. The highest BCUT2D eigenvalue weighted by atomic mass is 79.9. The number of aromatic carboxylic acids is 1. The number of carboxylic acid groups (broad SMARTS) is 1. The van der Waals surface area contributed by atoms with Gasteiger partial charge < -0.3 is 5.11 Å². The summed E-state index contributed by atoms with van der Waals surface area (Å²) in [6.45, 7) is 1.88. The van der Waals surface area contributed by atoms with E-state index in [2.05, 4.69) is 15.9 Å².